The Hall–Kier alpha value is -2.72. The quantitative estimate of drug-likeness (QED) is 0.447. The molecular weight excluding hydrogens is 446 g/mol. The Kier molecular flexibility index (Phi) is 9.67. The van der Waals surface area contributed by atoms with Gasteiger partial charge in [0.05, 0.1) is 35.0 Å². The summed E-state index contributed by atoms with van der Waals surface area (Å²) in [6.07, 6.45) is 2.20. The van der Waals surface area contributed by atoms with Crippen LogP contribution < -0.4 is 16.0 Å². The lowest BCUT2D eigenvalue weighted by atomic mass is 10.1. The minimum absolute atomic E-state index is 0.0449. The van der Waals surface area contributed by atoms with Gasteiger partial charge in [-0.2, -0.15) is 11.8 Å². The number of hydrogen-bond acceptors (Lipinski definition) is 7. The van der Waals surface area contributed by atoms with E-state index in [2.05, 4.69) is 16.0 Å². The van der Waals surface area contributed by atoms with E-state index in [1.807, 2.05) is 6.26 Å². The minimum atomic E-state index is -0.930. The molecule has 3 N–H and O–H groups in total. The summed E-state index contributed by atoms with van der Waals surface area (Å²) >= 11 is 7.57. The molecule has 0 saturated heterocycles. The molecule has 1 heterocycles. The first-order valence-electron chi connectivity index (χ1n) is 9.52. The fourth-order valence-electron chi connectivity index (χ4n) is 2.68. The Bertz CT molecular complexity index is 876. The number of amides is 3. The Morgan fingerprint density at radius 2 is 2.00 bits per heavy atom. The second kappa shape index (κ2) is 12.2. The van der Waals surface area contributed by atoms with E-state index in [-0.39, 0.29) is 41.6 Å². The lowest BCUT2D eigenvalue weighted by molar-refractivity contribution is -0.145. The maximum Gasteiger partial charge on any atom is 0.337 e. The molecule has 1 aliphatic rings. The first-order valence-corrected chi connectivity index (χ1v) is 11.3. The highest BCUT2D eigenvalue weighted by Gasteiger charge is 2.27. The van der Waals surface area contributed by atoms with E-state index in [4.69, 9.17) is 21.1 Å². The summed E-state index contributed by atoms with van der Waals surface area (Å²) < 4.78 is 10.3. The zero-order valence-corrected chi connectivity index (χ0v) is 18.7. The molecule has 2 rings (SSSR count). The first kappa shape index (κ1) is 24.5. The number of ether oxygens (including phenoxy) is 2. The molecule has 31 heavy (non-hydrogen) atoms. The topological polar surface area (TPSA) is 123 Å². The lowest BCUT2D eigenvalue weighted by Gasteiger charge is -2.22. The van der Waals surface area contributed by atoms with E-state index < -0.39 is 29.9 Å². The molecule has 0 bridgehead atoms. The van der Waals surface area contributed by atoms with Crippen LogP contribution in [0.15, 0.2) is 35.5 Å². The number of urea groups is 1. The number of hydrogen-bond donors (Lipinski definition) is 3. The van der Waals surface area contributed by atoms with Crippen molar-refractivity contribution in [1.82, 2.24) is 16.0 Å². The molecule has 0 radical (unpaired) electrons. The number of nitrogens with one attached hydrogen (secondary N) is 3. The molecular formula is C20H24ClN3O6S. The summed E-state index contributed by atoms with van der Waals surface area (Å²) in [5, 5.41) is 7.83. The van der Waals surface area contributed by atoms with Crippen LogP contribution in [0.3, 0.4) is 0 Å². The highest BCUT2D eigenvalue weighted by Crippen LogP contribution is 2.16. The van der Waals surface area contributed by atoms with Crippen molar-refractivity contribution in [3.05, 3.63) is 46.1 Å². The predicted molar refractivity (Wildman–Crippen MR) is 117 cm³/mol. The van der Waals surface area contributed by atoms with Crippen LogP contribution >= 0.6 is 23.4 Å². The number of carbonyl (C=O) groups excluding carboxylic acids is 4. The first-order chi connectivity index (χ1) is 14.9. The van der Waals surface area contributed by atoms with Gasteiger partial charge in [-0.05, 0) is 37.5 Å². The third-order valence-electron chi connectivity index (χ3n) is 4.25. The van der Waals surface area contributed by atoms with Crippen LogP contribution in [0.25, 0.3) is 0 Å². The van der Waals surface area contributed by atoms with Crippen molar-refractivity contribution in [2.24, 2.45) is 0 Å². The molecule has 3 amide bonds. The second-order valence-corrected chi connectivity index (χ2v) is 7.77. The molecule has 1 unspecified atom stereocenters. The van der Waals surface area contributed by atoms with E-state index in [0.717, 1.165) is 0 Å². The van der Waals surface area contributed by atoms with Gasteiger partial charge < -0.3 is 25.4 Å². The van der Waals surface area contributed by atoms with Crippen LogP contribution in [0.4, 0.5) is 4.79 Å². The van der Waals surface area contributed by atoms with Crippen molar-refractivity contribution in [3.8, 4) is 0 Å². The van der Waals surface area contributed by atoms with Crippen LogP contribution in [0.1, 0.15) is 23.7 Å². The number of rotatable bonds is 10. The van der Waals surface area contributed by atoms with Crippen molar-refractivity contribution >= 4 is 47.2 Å². The highest BCUT2D eigenvalue weighted by atomic mass is 35.5. The molecule has 168 valence electrons. The van der Waals surface area contributed by atoms with E-state index in [0.29, 0.717) is 12.2 Å². The molecule has 0 spiro atoms. The van der Waals surface area contributed by atoms with Gasteiger partial charge in [0.1, 0.15) is 12.6 Å². The average Bonchev–Trinajstić information content (AvgIpc) is 2.75. The summed E-state index contributed by atoms with van der Waals surface area (Å²) in [6.45, 7) is 1.42. The smallest absolute Gasteiger partial charge is 0.337 e. The van der Waals surface area contributed by atoms with Gasteiger partial charge in [-0.3, -0.25) is 4.79 Å². The van der Waals surface area contributed by atoms with Crippen LogP contribution in [0, 0.1) is 0 Å². The summed E-state index contributed by atoms with van der Waals surface area (Å²) in [5.41, 5.74) is 0.538. The summed E-state index contributed by atoms with van der Waals surface area (Å²) in [5.74, 6) is -1.22. The Morgan fingerprint density at radius 1 is 1.26 bits per heavy atom. The zero-order chi connectivity index (χ0) is 22.8. The number of carbonyl (C=O) groups is 4. The van der Waals surface area contributed by atoms with Gasteiger partial charge in [0, 0.05) is 0 Å². The van der Waals surface area contributed by atoms with Gasteiger partial charge in [-0.25, -0.2) is 14.4 Å². The molecule has 1 aromatic rings. The molecule has 1 aliphatic heterocycles. The fourth-order valence-corrected chi connectivity index (χ4v) is 3.37. The van der Waals surface area contributed by atoms with E-state index >= 15 is 0 Å². The largest absolute Gasteiger partial charge is 0.463 e. The molecule has 1 atom stereocenters. The van der Waals surface area contributed by atoms with Gasteiger partial charge in [-0.1, -0.05) is 23.7 Å². The molecule has 11 heteroatoms. The van der Waals surface area contributed by atoms with E-state index in [9.17, 15) is 19.2 Å². The molecule has 0 aliphatic carbocycles. The Labute approximate surface area is 189 Å². The Balaban J connectivity index is 2.10. The van der Waals surface area contributed by atoms with Crippen LogP contribution in [0.2, 0.25) is 5.02 Å². The maximum atomic E-state index is 12.7. The predicted octanol–water partition coefficient (Wildman–Crippen LogP) is 1.86. The van der Waals surface area contributed by atoms with Gasteiger partial charge in [0.2, 0.25) is 0 Å². The minimum Gasteiger partial charge on any atom is -0.463 e. The van der Waals surface area contributed by atoms with Gasteiger partial charge in [0.15, 0.2) is 0 Å². The van der Waals surface area contributed by atoms with Gasteiger partial charge in [-0.15, -0.1) is 0 Å². The number of halogens is 1. The van der Waals surface area contributed by atoms with Crippen molar-refractivity contribution in [2.75, 3.05) is 31.8 Å². The van der Waals surface area contributed by atoms with E-state index in [1.165, 1.54) is 11.8 Å². The second-order valence-electron chi connectivity index (χ2n) is 6.38. The van der Waals surface area contributed by atoms with Crippen LogP contribution in [0.5, 0.6) is 0 Å². The summed E-state index contributed by atoms with van der Waals surface area (Å²) in [7, 11) is 0. The third-order valence-corrected chi connectivity index (χ3v) is 5.23. The fraction of sp³-hybridized carbons (Fsp3) is 0.400. The van der Waals surface area contributed by atoms with Crippen molar-refractivity contribution in [1.29, 1.82) is 0 Å². The normalized spacial score (nSPS) is 14.2. The average molecular weight is 470 g/mol. The van der Waals surface area contributed by atoms with Gasteiger partial charge >= 0.3 is 18.0 Å². The standard InChI is InChI=1S/C20H24ClN3O6S/c1-3-29-18(26)13-10-22-20(28)24-16(13)11-30-19(27)15(8-9-31-2)23-17(25)12-6-4-5-7-14(12)21/h4-7,15H,3,8-11H2,1-2H3,(H,23,25)(H2,22,24,28). The highest BCUT2D eigenvalue weighted by molar-refractivity contribution is 7.98. The molecule has 1 aromatic carbocycles. The number of esters is 2. The molecule has 9 nitrogen and oxygen atoms in total. The van der Waals surface area contributed by atoms with Crippen molar-refractivity contribution < 1.29 is 28.7 Å². The lowest BCUT2D eigenvalue weighted by Crippen LogP contribution is -2.46. The number of benzene rings is 1. The van der Waals surface area contributed by atoms with Crippen LogP contribution in [-0.4, -0.2) is 61.7 Å². The zero-order valence-electron chi connectivity index (χ0n) is 17.2. The van der Waals surface area contributed by atoms with Crippen LogP contribution in [-0.2, 0) is 19.1 Å². The SMILES string of the molecule is CCOC(=O)C1=C(COC(=O)C(CCSC)NC(=O)c2ccccc2Cl)NC(=O)NC1. The van der Waals surface area contributed by atoms with E-state index in [1.54, 1.807) is 31.2 Å². The molecule has 0 saturated carbocycles. The maximum absolute atomic E-state index is 12.7. The molecule has 0 aromatic heterocycles. The summed E-state index contributed by atoms with van der Waals surface area (Å²) in [4.78, 5) is 49.0. The molecule has 0 fully saturated rings. The number of thioether (sulfide) groups is 1. The Morgan fingerprint density at radius 3 is 2.68 bits per heavy atom. The van der Waals surface area contributed by atoms with Gasteiger partial charge in [0.25, 0.3) is 5.91 Å². The third kappa shape index (κ3) is 7.18. The summed E-state index contributed by atoms with van der Waals surface area (Å²) in [6, 6.07) is 5.04. The van der Waals surface area contributed by atoms with Crippen molar-refractivity contribution in [3.63, 3.8) is 0 Å². The van der Waals surface area contributed by atoms with Crippen molar-refractivity contribution in [2.45, 2.75) is 19.4 Å². The monoisotopic (exact) mass is 469 g/mol.